The third kappa shape index (κ3) is 3.80. The van der Waals surface area contributed by atoms with Crippen LogP contribution in [-0.2, 0) is 17.8 Å². The smallest absolute Gasteiger partial charge is 0.262 e. The summed E-state index contributed by atoms with van der Waals surface area (Å²) < 4.78 is 5.77. The lowest BCUT2D eigenvalue weighted by atomic mass is 10.0. The summed E-state index contributed by atoms with van der Waals surface area (Å²) in [6, 6.07) is 22.4. The van der Waals surface area contributed by atoms with Crippen molar-refractivity contribution in [1.29, 1.82) is 0 Å². The number of nitrogens with two attached hydrogens (primary N) is 1. The van der Waals surface area contributed by atoms with Crippen LogP contribution in [-0.4, -0.2) is 28.7 Å². The largest absolute Gasteiger partial charge is 0.489 e. The van der Waals surface area contributed by atoms with E-state index in [1.165, 1.54) is 0 Å². The zero-order chi connectivity index (χ0) is 21.1. The minimum atomic E-state index is -1.06. The molecular weight excluding hydrogens is 380 g/mol. The fourth-order valence-corrected chi connectivity index (χ4v) is 3.50. The molecule has 0 spiro atoms. The zero-order valence-electron chi connectivity index (χ0n) is 16.2. The van der Waals surface area contributed by atoms with Crippen molar-refractivity contribution in [3.8, 4) is 5.75 Å². The average molecular weight is 400 g/mol. The first-order chi connectivity index (χ1) is 14.5. The van der Waals surface area contributed by atoms with E-state index in [2.05, 4.69) is 0 Å². The first kappa shape index (κ1) is 19.4. The van der Waals surface area contributed by atoms with E-state index < -0.39 is 23.8 Å². The number of nitrogens with zero attached hydrogens (tertiary/aromatic N) is 1. The van der Waals surface area contributed by atoms with Crippen molar-refractivity contribution >= 4 is 17.7 Å². The molecule has 3 amide bonds. The predicted molar refractivity (Wildman–Crippen MR) is 111 cm³/mol. The number of amides is 3. The van der Waals surface area contributed by atoms with Gasteiger partial charge in [-0.15, -0.1) is 0 Å². The van der Waals surface area contributed by atoms with Crippen molar-refractivity contribution in [2.24, 2.45) is 5.73 Å². The molecule has 30 heavy (non-hydrogen) atoms. The quantitative estimate of drug-likeness (QED) is 0.618. The Labute approximate surface area is 173 Å². The molecule has 0 aliphatic carbocycles. The lowest BCUT2D eigenvalue weighted by Crippen LogP contribution is -2.49. The van der Waals surface area contributed by atoms with Gasteiger partial charge in [0.1, 0.15) is 18.4 Å². The van der Waals surface area contributed by atoms with Crippen LogP contribution < -0.4 is 10.5 Å². The highest BCUT2D eigenvalue weighted by Crippen LogP contribution is 2.26. The highest BCUT2D eigenvalue weighted by atomic mass is 16.5. The lowest BCUT2D eigenvalue weighted by Gasteiger charge is -2.23. The van der Waals surface area contributed by atoms with Crippen molar-refractivity contribution in [2.75, 3.05) is 0 Å². The van der Waals surface area contributed by atoms with Crippen molar-refractivity contribution < 1.29 is 19.1 Å². The van der Waals surface area contributed by atoms with Crippen LogP contribution in [0.25, 0.3) is 0 Å². The molecule has 0 aromatic heterocycles. The third-order valence-electron chi connectivity index (χ3n) is 5.07. The SMILES string of the molecule is NC(=O)[C@H](Cc1ccc(OCc2ccccc2)cc1)N1C(=O)c2ccccc2C1=O. The van der Waals surface area contributed by atoms with Crippen LogP contribution in [0.15, 0.2) is 78.9 Å². The predicted octanol–water partition coefficient (Wildman–Crippen LogP) is 2.96. The fourth-order valence-electron chi connectivity index (χ4n) is 3.50. The van der Waals surface area contributed by atoms with E-state index in [1.54, 1.807) is 48.5 Å². The summed E-state index contributed by atoms with van der Waals surface area (Å²) in [6.07, 6.45) is 0.139. The molecule has 3 aromatic carbocycles. The molecule has 0 radical (unpaired) electrons. The number of ether oxygens (including phenoxy) is 1. The molecule has 1 aliphatic heterocycles. The number of hydrogen-bond acceptors (Lipinski definition) is 4. The van der Waals surface area contributed by atoms with Crippen LogP contribution in [0.3, 0.4) is 0 Å². The van der Waals surface area contributed by atoms with E-state index in [0.29, 0.717) is 23.5 Å². The number of benzene rings is 3. The first-order valence-corrected chi connectivity index (χ1v) is 9.56. The molecule has 3 aromatic rings. The Kier molecular flexibility index (Phi) is 5.30. The minimum Gasteiger partial charge on any atom is -0.489 e. The van der Waals surface area contributed by atoms with Crippen molar-refractivity contribution in [1.82, 2.24) is 4.90 Å². The molecule has 1 heterocycles. The molecule has 2 N–H and O–H groups in total. The first-order valence-electron chi connectivity index (χ1n) is 9.56. The van der Waals surface area contributed by atoms with Gasteiger partial charge >= 0.3 is 0 Å². The average Bonchev–Trinajstić information content (AvgIpc) is 3.02. The summed E-state index contributed by atoms with van der Waals surface area (Å²) in [6.45, 7) is 0.444. The molecule has 0 saturated heterocycles. The summed E-state index contributed by atoms with van der Waals surface area (Å²) in [4.78, 5) is 38.5. The molecule has 150 valence electrons. The highest BCUT2D eigenvalue weighted by molar-refractivity contribution is 6.22. The minimum absolute atomic E-state index is 0.139. The van der Waals surface area contributed by atoms with Crippen LogP contribution in [0.1, 0.15) is 31.8 Å². The second kappa shape index (κ2) is 8.21. The van der Waals surface area contributed by atoms with Gasteiger partial charge in [0.2, 0.25) is 5.91 Å². The number of fused-ring (bicyclic) bond motifs is 1. The van der Waals surface area contributed by atoms with Crippen LogP contribution in [0.5, 0.6) is 5.75 Å². The van der Waals surface area contributed by atoms with Gasteiger partial charge in [-0.1, -0.05) is 54.6 Å². The van der Waals surface area contributed by atoms with Crippen LogP contribution in [0, 0.1) is 0 Å². The maximum absolute atomic E-state index is 12.7. The van der Waals surface area contributed by atoms with Gasteiger partial charge in [0.05, 0.1) is 11.1 Å². The number of hydrogen-bond donors (Lipinski definition) is 1. The molecule has 0 saturated carbocycles. The van der Waals surface area contributed by atoms with Gasteiger partial charge in [-0.25, -0.2) is 0 Å². The maximum atomic E-state index is 12.7. The molecule has 0 fully saturated rings. The number of carbonyl (C=O) groups excluding carboxylic acids is 3. The van der Waals surface area contributed by atoms with Gasteiger partial charge < -0.3 is 10.5 Å². The summed E-state index contributed by atoms with van der Waals surface area (Å²) in [5.41, 5.74) is 7.96. The summed E-state index contributed by atoms with van der Waals surface area (Å²) in [7, 11) is 0. The second-order valence-electron chi connectivity index (χ2n) is 7.07. The summed E-state index contributed by atoms with van der Waals surface area (Å²) in [5.74, 6) is -1.04. The number of carbonyl (C=O) groups is 3. The topological polar surface area (TPSA) is 89.7 Å². The Hall–Kier alpha value is -3.93. The molecule has 6 nitrogen and oxygen atoms in total. The van der Waals surface area contributed by atoms with Gasteiger partial charge in [0.15, 0.2) is 0 Å². The highest BCUT2D eigenvalue weighted by Gasteiger charge is 2.41. The lowest BCUT2D eigenvalue weighted by molar-refractivity contribution is -0.121. The molecule has 6 heteroatoms. The normalized spacial score (nSPS) is 13.8. The van der Waals surface area contributed by atoms with Crippen molar-refractivity contribution in [3.05, 3.63) is 101 Å². The molecular formula is C24H20N2O4. The van der Waals surface area contributed by atoms with Gasteiger partial charge in [0.25, 0.3) is 11.8 Å². The summed E-state index contributed by atoms with van der Waals surface area (Å²) in [5, 5.41) is 0. The third-order valence-corrected chi connectivity index (χ3v) is 5.07. The monoisotopic (exact) mass is 400 g/mol. The second-order valence-corrected chi connectivity index (χ2v) is 7.07. The van der Waals surface area contributed by atoms with Crippen molar-refractivity contribution in [2.45, 2.75) is 19.1 Å². The van der Waals surface area contributed by atoms with Gasteiger partial charge in [-0.05, 0) is 35.4 Å². The molecule has 0 unspecified atom stereocenters. The number of rotatable bonds is 7. The fraction of sp³-hybridized carbons (Fsp3) is 0.125. The standard InChI is InChI=1S/C24H20N2O4/c25-22(27)21(26-23(28)19-8-4-5-9-20(19)24(26)29)14-16-10-12-18(13-11-16)30-15-17-6-2-1-3-7-17/h1-13,21H,14-15H2,(H2,25,27)/t21-/m0/s1. The molecule has 0 bridgehead atoms. The van der Waals surface area contributed by atoms with E-state index in [4.69, 9.17) is 10.5 Å². The molecule has 1 aliphatic rings. The van der Waals surface area contributed by atoms with E-state index in [9.17, 15) is 14.4 Å². The van der Waals surface area contributed by atoms with Gasteiger partial charge in [-0.2, -0.15) is 0 Å². The Bertz CT molecular complexity index is 1060. The van der Waals surface area contributed by atoms with Crippen LogP contribution >= 0.6 is 0 Å². The van der Waals surface area contributed by atoms with Crippen LogP contribution in [0.2, 0.25) is 0 Å². The zero-order valence-corrected chi connectivity index (χ0v) is 16.2. The van der Waals surface area contributed by atoms with Gasteiger partial charge in [0, 0.05) is 6.42 Å². The van der Waals surface area contributed by atoms with Crippen LogP contribution in [0.4, 0.5) is 0 Å². The van der Waals surface area contributed by atoms with Gasteiger partial charge in [-0.3, -0.25) is 19.3 Å². The number of primary amides is 1. The Morgan fingerprint density at radius 2 is 1.37 bits per heavy atom. The van der Waals surface area contributed by atoms with Crippen molar-refractivity contribution in [3.63, 3.8) is 0 Å². The Morgan fingerprint density at radius 1 is 0.800 bits per heavy atom. The molecule has 4 rings (SSSR count). The van der Waals surface area contributed by atoms with E-state index >= 15 is 0 Å². The maximum Gasteiger partial charge on any atom is 0.262 e. The van der Waals surface area contributed by atoms with E-state index in [1.807, 2.05) is 30.3 Å². The van der Waals surface area contributed by atoms with E-state index in [0.717, 1.165) is 16.0 Å². The van der Waals surface area contributed by atoms with E-state index in [-0.39, 0.29) is 6.42 Å². The number of imide groups is 1. The Morgan fingerprint density at radius 3 is 1.93 bits per heavy atom. The molecule has 1 atom stereocenters. The Balaban J connectivity index is 1.47. The summed E-state index contributed by atoms with van der Waals surface area (Å²) >= 11 is 0.